The van der Waals surface area contributed by atoms with Gasteiger partial charge >= 0.3 is 0 Å². The standard InChI is InChI=1S/C15H22N4O5S2/c1-11(20)13-14(18-8-6-15(4-5-15)7-9-18)17-12(10-16-13)19(25(2,21)22)26(3,23)24/h10H,4-9H2,1-3H3. The minimum Gasteiger partial charge on any atom is -0.355 e. The van der Waals surface area contributed by atoms with Crippen molar-refractivity contribution in [2.75, 3.05) is 34.2 Å². The van der Waals surface area contributed by atoms with Crippen LogP contribution in [0.15, 0.2) is 6.20 Å². The number of hydrogen-bond donors (Lipinski definition) is 0. The van der Waals surface area contributed by atoms with E-state index in [2.05, 4.69) is 9.97 Å². The zero-order valence-corrected chi connectivity index (χ0v) is 16.6. The second kappa shape index (κ2) is 6.15. The van der Waals surface area contributed by atoms with Gasteiger partial charge in [0.05, 0.1) is 18.7 Å². The van der Waals surface area contributed by atoms with Crippen LogP contribution in [0.3, 0.4) is 0 Å². The Labute approximate surface area is 153 Å². The van der Waals surface area contributed by atoms with Crippen LogP contribution >= 0.6 is 0 Å². The van der Waals surface area contributed by atoms with E-state index < -0.39 is 20.0 Å². The maximum atomic E-state index is 12.0. The summed E-state index contributed by atoms with van der Waals surface area (Å²) in [5.74, 6) is -0.402. The van der Waals surface area contributed by atoms with E-state index in [9.17, 15) is 21.6 Å². The fourth-order valence-electron chi connectivity index (χ4n) is 3.38. The maximum Gasteiger partial charge on any atom is 0.246 e. The highest BCUT2D eigenvalue weighted by Gasteiger charge is 2.45. The van der Waals surface area contributed by atoms with Crippen LogP contribution < -0.4 is 8.61 Å². The van der Waals surface area contributed by atoms with Gasteiger partial charge in [0, 0.05) is 20.0 Å². The predicted molar refractivity (Wildman–Crippen MR) is 97.3 cm³/mol. The molecule has 0 atom stereocenters. The molecule has 2 heterocycles. The monoisotopic (exact) mass is 402 g/mol. The molecule has 2 fully saturated rings. The van der Waals surface area contributed by atoms with Crippen molar-refractivity contribution in [3.8, 4) is 0 Å². The van der Waals surface area contributed by atoms with E-state index in [1.54, 1.807) is 0 Å². The summed E-state index contributed by atoms with van der Waals surface area (Å²) in [5, 5.41) is 0. The molecule has 1 saturated carbocycles. The van der Waals surface area contributed by atoms with Gasteiger partial charge in [0.15, 0.2) is 17.4 Å². The number of aromatic nitrogens is 2. The van der Waals surface area contributed by atoms with Crippen molar-refractivity contribution >= 4 is 37.5 Å². The lowest BCUT2D eigenvalue weighted by atomic mass is 9.93. The van der Waals surface area contributed by atoms with Crippen molar-refractivity contribution in [3.63, 3.8) is 0 Å². The molecular weight excluding hydrogens is 380 g/mol. The third-order valence-corrected chi connectivity index (χ3v) is 8.15. The third-order valence-electron chi connectivity index (χ3n) is 4.95. The first kappa shape index (κ1) is 19.0. The van der Waals surface area contributed by atoms with Gasteiger partial charge in [-0.3, -0.25) is 4.79 Å². The van der Waals surface area contributed by atoms with Crippen molar-refractivity contribution < 1.29 is 21.6 Å². The molecule has 9 nitrogen and oxygen atoms in total. The van der Waals surface area contributed by atoms with Crippen LogP contribution in [0.2, 0.25) is 0 Å². The number of piperidine rings is 1. The highest BCUT2D eigenvalue weighted by molar-refractivity contribution is 8.09. The van der Waals surface area contributed by atoms with Gasteiger partial charge in [0.1, 0.15) is 5.69 Å². The van der Waals surface area contributed by atoms with E-state index in [1.807, 2.05) is 4.90 Å². The molecule has 26 heavy (non-hydrogen) atoms. The topological polar surface area (TPSA) is 118 Å². The van der Waals surface area contributed by atoms with Gasteiger partial charge in [-0.25, -0.2) is 26.8 Å². The fourth-order valence-corrected chi connectivity index (χ4v) is 6.21. The molecule has 1 spiro atoms. The molecule has 0 radical (unpaired) electrons. The van der Waals surface area contributed by atoms with Gasteiger partial charge in [-0.1, -0.05) is 0 Å². The van der Waals surface area contributed by atoms with Crippen LogP contribution in [0.5, 0.6) is 0 Å². The Hall–Kier alpha value is -1.75. The Morgan fingerprint density at radius 3 is 2.04 bits per heavy atom. The number of hydrogen-bond acceptors (Lipinski definition) is 8. The molecule has 1 aliphatic heterocycles. The lowest BCUT2D eigenvalue weighted by molar-refractivity contribution is 0.101. The first-order valence-corrected chi connectivity index (χ1v) is 12.0. The molecule has 1 aromatic rings. The fraction of sp³-hybridized carbons (Fsp3) is 0.667. The van der Waals surface area contributed by atoms with Gasteiger partial charge in [-0.15, -0.1) is 3.71 Å². The van der Waals surface area contributed by atoms with E-state index >= 15 is 0 Å². The van der Waals surface area contributed by atoms with Crippen LogP contribution in [0.4, 0.5) is 11.6 Å². The zero-order chi connectivity index (χ0) is 19.3. The van der Waals surface area contributed by atoms with Crippen molar-refractivity contribution in [3.05, 3.63) is 11.9 Å². The number of Topliss-reactive ketones (excluding diaryl/α,β-unsaturated/α-hetero) is 1. The Balaban J connectivity index is 2.05. The lowest BCUT2D eigenvalue weighted by Gasteiger charge is -2.34. The van der Waals surface area contributed by atoms with Crippen LogP contribution in [-0.4, -0.2) is 58.2 Å². The second-order valence-electron chi connectivity index (χ2n) is 7.17. The molecular formula is C15H22N4O5S2. The summed E-state index contributed by atoms with van der Waals surface area (Å²) in [6, 6.07) is 0. The minimum atomic E-state index is -4.13. The smallest absolute Gasteiger partial charge is 0.246 e. The largest absolute Gasteiger partial charge is 0.355 e. The quantitative estimate of drug-likeness (QED) is 0.663. The van der Waals surface area contributed by atoms with Crippen LogP contribution in [0, 0.1) is 5.41 Å². The highest BCUT2D eigenvalue weighted by atomic mass is 32.3. The average molecular weight is 402 g/mol. The summed E-state index contributed by atoms with van der Waals surface area (Å²) >= 11 is 0. The van der Waals surface area contributed by atoms with Crippen LogP contribution in [-0.2, 0) is 20.0 Å². The molecule has 0 amide bonds. The molecule has 11 heteroatoms. The summed E-state index contributed by atoms with van der Waals surface area (Å²) in [6.07, 6.45) is 6.94. The number of nitrogens with zero attached hydrogens (tertiary/aromatic N) is 4. The average Bonchev–Trinajstić information content (AvgIpc) is 3.24. The Kier molecular flexibility index (Phi) is 4.50. The van der Waals surface area contributed by atoms with Crippen LogP contribution in [0.25, 0.3) is 0 Å². The summed E-state index contributed by atoms with van der Waals surface area (Å²) in [4.78, 5) is 22.1. The molecule has 1 saturated heterocycles. The third kappa shape index (κ3) is 3.68. The Morgan fingerprint density at radius 2 is 1.62 bits per heavy atom. The van der Waals surface area contributed by atoms with Gasteiger partial charge in [0.25, 0.3) is 0 Å². The molecule has 1 aromatic heterocycles. The summed E-state index contributed by atoms with van der Waals surface area (Å²) in [6.45, 7) is 2.71. The lowest BCUT2D eigenvalue weighted by Crippen LogP contribution is -2.38. The number of carbonyl (C=O) groups excluding carboxylic acids is 1. The number of ketones is 1. The van der Waals surface area contributed by atoms with Crippen molar-refractivity contribution in [1.29, 1.82) is 0 Å². The molecule has 0 unspecified atom stereocenters. The maximum absolute atomic E-state index is 12.0. The van der Waals surface area contributed by atoms with E-state index in [-0.39, 0.29) is 26.8 Å². The van der Waals surface area contributed by atoms with Crippen molar-refractivity contribution in [2.45, 2.75) is 32.6 Å². The normalized spacial score (nSPS) is 19.4. The van der Waals surface area contributed by atoms with Gasteiger partial charge in [-0.05, 0) is 31.1 Å². The second-order valence-corrected chi connectivity index (χ2v) is 11.1. The van der Waals surface area contributed by atoms with E-state index in [0.717, 1.165) is 31.6 Å². The highest BCUT2D eigenvalue weighted by Crippen LogP contribution is 2.54. The Morgan fingerprint density at radius 1 is 1.08 bits per heavy atom. The van der Waals surface area contributed by atoms with E-state index in [1.165, 1.54) is 19.8 Å². The van der Waals surface area contributed by atoms with Gasteiger partial charge in [0.2, 0.25) is 20.0 Å². The summed E-state index contributed by atoms with van der Waals surface area (Å²) in [5.41, 5.74) is 0.520. The Bertz CT molecular complexity index is 912. The first-order valence-electron chi connectivity index (χ1n) is 8.26. The minimum absolute atomic E-state index is 0.113. The summed E-state index contributed by atoms with van der Waals surface area (Å²) in [7, 11) is -8.25. The SMILES string of the molecule is CC(=O)c1ncc(N(S(C)(=O)=O)S(C)(=O)=O)nc1N1CCC2(CC1)CC2. The molecule has 0 bridgehead atoms. The molecule has 2 aliphatic rings. The van der Waals surface area contributed by atoms with Crippen molar-refractivity contribution in [1.82, 2.24) is 9.97 Å². The number of rotatable bonds is 5. The van der Waals surface area contributed by atoms with Crippen LogP contribution in [0.1, 0.15) is 43.1 Å². The number of anilines is 2. The van der Waals surface area contributed by atoms with Gasteiger partial charge < -0.3 is 4.90 Å². The molecule has 144 valence electrons. The number of carbonyl (C=O) groups is 1. The first-order chi connectivity index (χ1) is 11.9. The van der Waals surface area contributed by atoms with E-state index in [4.69, 9.17) is 0 Å². The summed E-state index contributed by atoms with van der Waals surface area (Å²) < 4.78 is 48.1. The van der Waals surface area contributed by atoms with Gasteiger partial charge in [-0.2, -0.15) is 0 Å². The molecule has 0 N–H and O–H groups in total. The number of sulfonamides is 2. The molecule has 3 rings (SSSR count). The predicted octanol–water partition coefficient (Wildman–Crippen LogP) is 0.785. The molecule has 0 aromatic carbocycles. The molecule has 1 aliphatic carbocycles. The van der Waals surface area contributed by atoms with Crippen molar-refractivity contribution in [2.24, 2.45) is 5.41 Å². The van der Waals surface area contributed by atoms with E-state index in [0.29, 0.717) is 18.5 Å². The zero-order valence-electron chi connectivity index (χ0n) is 15.0.